The Morgan fingerprint density at radius 1 is 1.35 bits per heavy atom. The van der Waals surface area contributed by atoms with Crippen LogP contribution in [0.2, 0.25) is 0 Å². The second-order valence-electron chi connectivity index (χ2n) is 5.32. The molecule has 130 valence electrons. The van der Waals surface area contributed by atoms with Crippen LogP contribution in [0.5, 0.6) is 0 Å². The molecule has 1 aromatic carbocycles. The van der Waals surface area contributed by atoms with Crippen LogP contribution in [0.25, 0.3) is 11.3 Å². The van der Waals surface area contributed by atoms with Crippen molar-refractivity contribution < 1.29 is 9.21 Å². The van der Waals surface area contributed by atoms with Gasteiger partial charge in [0.15, 0.2) is 0 Å². The van der Waals surface area contributed by atoms with Crippen molar-refractivity contribution in [2.75, 3.05) is 5.73 Å². The molecule has 3 aromatic rings. The molecule has 0 saturated carbocycles. The number of hydrazone groups is 1. The van der Waals surface area contributed by atoms with Gasteiger partial charge in [-0.1, -0.05) is 28.1 Å². The molecule has 3 rings (SSSR count). The Kier molecular flexibility index (Phi) is 5.21. The number of nitrogens with one attached hydrogen (secondary N) is 1. The number of carbonyl (C=O) groups is 1. The zero-order valence-corrected chi connectivity index (χ0v) is 16.0. The Hall–Kier alpha value is -2.89. The number of amides is 1. The van der Waals surface area contributed by atoms with Gasteiger partial charge in [-0.25, -0.2) is 5.43 Å². The first-order chi connectivity index (χ1) is 12.5. The first-order valence-electron chi connectivity index (χ1n) is 7.47. The monoisotopic (exact) mass is 428 g/mol. The minimum absolute atomic E-state index is 0.323. The summed E-state index contributed by atoms with van der Waals surface area (Å²) in [5.41, 5.74) is 9.97. The molecule has 3 N–H and O–H groups in total. The molecule has 0 atom stereocenters. The van der Waals surface area contributed by atoms with E-state index in [-0.39, 0.29) is 0 Å². The van der Waals surface area contributed by atoms with Crippen molar-refractivity contribution >= 4 is 44.4 Å². The van der Waals surface area contributed by atoms with Crippen LogP contribution in [0.1, 0.15) is 26.6 Å². The third kappa shape index (κ3) is 3.69. The zero-order chi connectivity index (χ0) is 18.7. The smallest absolute Gasteiger partial charge is 0.281 e. The average molecular weight is 429 g/mol. The molecule has 0 spiro atoms. The minimum atomic E-state index is -0.420. The minimum Gasteiger partial charge on any atom is -0.455 e. The molecule has 1 amide bonds. The van der Waals surface area contributed by atoms with E-state index in [9.17, 15) is 4.79 Å². The number of hydrogen-bond acceptors (Lipinski definition) is 6. The number of nitriles is 1. The molecule has 0 radical (unpaired) electrons. The summed E-state index contributed by atoms with van der Waals surface area (Å²) in [5, 5.41) is 13.3. The number of nitrogen functional groups attached to an aromatic ring is 1. The Balaban J connectivity index is 1.69. The second kappa shape index (κ2) is 7.56. The van der Waals surface area contributed by atoms with Crippen molar-refractivity contribution in [3.63, 3.8) is 0 Å². The highest BCUT2D eigenvalue weighted by Crippen LogP contribution is 2.29. The number of carbonyl (C=O) groups excluding carboxylic acids is 1. The third-order valence-electron chi connectivity index (χ3n) is 3.61. The Morgan fingerprint density at radius 3 is 2.73 bits per heavy atom. The van der Waals surface area contributed by atoms with E-state index < -0.39 is 5.91 Å². The Bertz CT molecular complexity index is 1030. The van der Waals surface area contributed by atoms with Crippen LogP contribution >= 0.6 is 27.3 Å². The van der Waals surface area contributed by atoms with Gasteiger partial charge in [-0.3, -0.25) is 4.79 Å². The molecule has 2 aromatic heterocycles. The molecule has 6 nitrogen and oxygen atoms in total. The zero-order valence-electron chi connectivity index (χ0n) is 13.6. The lowest BCUT2D eigenvalue weighted by Gasteiger charge is -1.98. The quantitative estimate of drug-likeness (QED) is 0.477. The van der Waals surface area contributed by atoms with E-state index in [1.807, 2.05) is 36.4 Å². The highest BCUT2D eigenvalue weighted by atomic mass is 79.9. The van der Waals surface area contributed by atoms with Gasteiger partial charge in [0.05, 0.1) is 11.8 Å². The number of nitrogens with zero attached hydrogens (tertiary/aromatic N) is 2. The maximum absolute atomic E-state index is 12.2. The predicted octanol–water partition coefficient (Wildman–Crippen LogP) is 4.30. The summed E-state index contributed by atoms with van der Waals surface area (Å²) in [6.07, 6.45) is 1.41. The molecule has 2 heterocycles. The van der Waals surface area contributed by atoms with E-state index in [2.05, 4.69) is 26.5 Å². The van der Waals surface area contributed by atoms with Gasteiger partial charge in [-0.2, -0.15) is 10.4 Å². The largest absolute Gasteiger partial charge is 0.455 e. The van der Waals surface area contributed by atoms with Crippen LogP contribution in [0.15, 0.2) is 50.4 Å². The van der Waals surface area contributed by atoms with Crippen LogP contribution in [0, 0.1) is 18.3 Å². The van der Waals surface area contributed by atoms with Crippen LogP contribution in [0.3, 0.4) is 0 Å². The molecule has 0 unspecified atom stereocenters. The number of thiophene rings is 1. The van der Waals surface area contributed by atoms with Crippen molar-refractivity contribution in [3.05, 3.63) is 62.6 Å². The normalized spacial score (nSPS) is 10.8. The summed E-state index contributed by atoms with van der Waals surface area (Å²) < 4.78 is 6.67. The average Bonchev–Trinajstić information content (AvgIpc) is 3.20. The van der Waals surface area contributed by atoms with Gasteiger partial charge in [-0.15, -0.1) is 11.3 Å². The van der Waals surface area contributed by atoms with Gasteiger partial charge in [0.25, 0.3) is 5.91 Å². The summed E-state index contributed by atoms with van der Waals surface area (Å²) in [6, 6.07) is 13.3. The molecule has 0 fully saturated rings. The summed E-state index contributed by atoms with van der Waals surface area (Å²) in [4.78, 5) is 12.5. The van der Waals surface area contributed by atoms with Crippen LogP contribution < -0.4 is 11.2 Å². The lowest BCUT2D eigenvalue weighted by Crippen LogP contribution is -2.17. The van der Waals surface area contributed by atoms with Crippen molar-refractivity contribution in [2.24, 2.45) is 5.10 Å². The summed E-state index contributed by atoms with van der Waals surface area (Å²) in [6.45, 7) is 1.68. The van der Waals surface area contributed by atoms with Gasteiger partial charge in [0.1, 0.15) is 27.5 Å². The molecule has 0 aliphatic rings. The number of furan rings is 1. The first kappa shape index (κ1) is 17.9. The third-order valence-corrected chi connectivity index (χ3v) is 5.25. The maximum atomic E-state index is 12.2. The molecule has 0 bridgehead atoms. The Labute approximate surface area is 162 Å². The van der Waals surface area contributed by atoms with E-state index in [0.717, 1.165) is 21.4 Å². The molecule has 0 saturated heterocycles. The second-order valence-corrected chi connectivity index (χ2v) is 7.28. The highest BCUT2D eigenvalue weighted by Gasteiger charge is 2.18. The van der Waals surface area contributed by atoms with Crippen molar-refractivity contribution in [3.8, 4) is 17.4 Å². The van der Waals surface area contributed by atoms with Gasteiger partial charge >= 0.3 is 0 Å². The van der Waals surface area contributed by atoms with Crippen LogP contribution in [-0.2, 0) is 0 Å². The topological polar surface area (TPSA) is 104 Å². The van der Waals surface area contributed by atoms with E-state index in [1.54, 1.807) is 13.0 Å². The number of halogens is 1. The van der Waals surface area contributed by atoms with Gasteiger partial charge < -0.3 is 10.2 Å². The van der Waals surface area contributed by atoms with Gasteiger partial charge in [0, 0.05) is 10.0 Å². The first-order valence-corrected chi connectivity index (χ1v) is 9.08. The maximum Gasteiger partial charge on any atom is 0.281 e. The number of hydrogen-bond donors (Lipinski definition) is 2. The van der Waals surface area contributed by atoms with Crippen molar-refractivity contribution in [2.45, 2.75) is 6.92 Å². The summed E-state index contributed by atoms with van der Waals surface area (Å²) in [5.74, 6) is 0.783. The van der Waals surface area contributed by atoms with Crippen molar-refractivity contribution in [1.29, 1.82) is 5.26 Å². The molecular formula is C18H13BrN4O2S. The number of rotatable bonds is 4. The van der Waals surface area contributed by atoms with Crippen molar-refractivity contribution in [1.82, 2.24) is 5.43 Å². The number of nitrogens with two attached hydrogens (primary N) is 1. The fourth-order valence-corrected chi connectivity index (χ4v) is 3.47. The lowest BCUT2D eigenvalue weighted by molar-refractivity contribution is 0.0958. The number of benzene rings is 1. The lowest BCUT2D eigenvalue weighted by atomic mass is 10.2. The molecule has 8 heteroatoms. The Morgan fingerprint density at radius 2 is 2.08 bits per heavy atom. The van der Waals surface area contributed by atoms with Crippen LogP contribution in [0.4, 0.5) is 5.00 Å². The van der Waals surface area contributed by atoms with E-state index in [4.69, 9.17) is 15.4 Å². The molecule has 0 aliphatic heterocycles. The molecule has 0 aliphatic carbocycles. The molecular weight excluding hydrogens is 416 g/mol. The SMILES string of the molecule is Cc1c(C(=O)N/N=C/c2ccc(-c3ccc(Br)cc3)o2)sc(N)c1C#N. The number of anilines is 1. The molecule has 26 heavy (non-hydrogen) atoms. The van der Waals surface area contributed by atoms with Gasteiger partial charge in [0.2, 0.25) is 0 Å². The summed E-state index contributed by atoms with van der Waals surface area (Å²) >= 11 is 4.45. The van der Waals surface area contributed by atoms with Gasteiger partial charge in [-0.05, 0) is 36.8 Å². The van der Waals surface area contributed by atoms with E-state index in [0.29, 0.717) is 32.5 Å². The van der Waals surface area contributed by atoms with E-state index >= 15 is 0 Å². The fourth-order valence-electron chi connectivity index (χ4n) is 2.29. The standard InChI is InChI=1S/C18H13BrN4O2S/c1-10-14(8-20)17(21)26-16(10)18(24)23-22-9-13-6-7-15(25-13)11-2-4-12(19)5-3-11/h2-7,9H,21H2,1H3,(H,23,24)/b22-9+. The predicted molar refractivity (Wildman–Crippen MR) is 105 cm³/mol. The van der Waals surface area contributed by atoms with Crippen LogP contribution in [-0.4, -0.2) is 12.1 Å². The highest BCUT2D eigenvalue weighted by molar-refractivity contribution is 9.10. The van der Waals surface area contributed by atoms with E-state index in [1.165, 1.54) is 6.21 Å². The summed E-state index contributed by atoms with van der Waals surface area (Å²) in [7, 11) is 0. The fraction of sp³-hybridized carbons (Fsp3) is 0.0556.